The van der Waals surface area contributed by atoms with Crippen molar-refractivity contribution < 1.29 is 4.79 Å². The standard InChI is InChI=1S/C14H20N2O/c1-5-10-6-7-11-12(8-10)16(4)13(17)14(2,3)9-15-11/h6-8,15H,5,9H2,1-4H3. The Morgan fingerprint density at radius 2 is 2.12 bits per heavy atom. The summed E-state index contributed by atoms with van der Waals surface area (Å²) in [5, 5.41) is 3.37. The first-order valence-corrected chi connectivity index (χ1v) is 6.10. The fraction of sp³-hybridized carbons (Fsp3) is 0.500. The van der Waals surface area contributed by atoms with E-state index in [1.807, 2.05) is 20.9 Å². The van der Waals surface area contributed by atoms with E-state index in [0.717, 1.165) is 17.8 Å². The highest BCUT2D eigenvalue weighted by atomic mass is 16.2. The molecule has 3 heteroatoms. The maximum atomic E-state index is 12.3. The van der Waals surface area contributed by atoms with E-state index < -0.39 is 0 Å². The van der Waals surface area contributed by atoms with Crippen LogP contribution in [0.5, 0.6) is 0 Å². The summed E-state index contributed by atoms with van der Waals surface area (Å²) in [4.78, 5) is 14.1. The molecule has 0 saturated carbocycles. The highest BCUT2D eigenvalue weighted by Crippen LogP contribution is 2.34. The molecule has 0 aliphatic carbocycles. The van der Waals surface area contributed by atoms with Crippen LogP contribution in [0, 0.1) is 5.41 Å². The summed E-state index contributed by atoms with van der Waals surface area (Å²) in [5.41, 5.74) is 2.92. The lowest BCUT2D eigenvalue weighted by Gasteiger charge is -2.25. The van der Waals surface area contributed by atoms with Crippen molar-refractivity contribution in [3.63, 3.8) is 0 Å². The van der Waals surface area contributed by atoms with Gasteiger partial charge in [0.1, 0.15) is 0 Å². The smallest absolute Gasteiger partial charge is 0.234 e. The number of carbonyl (C=O) groups is 1. The van der Waals surface area contributed by atoms with Crippen LogP contribution in [0.4, 0.5) is 11.4 Å². The van der Waals surface area contributed by atoms with Gasteiger partial charge in [0.05, 0.1) is 16.8 Å². The zero-order chi connectivity index (χ0) is 12.6. The van der Waals surface area contributed by atoms with Crippen LogP contribution in [0.25, 0.3) is 0 Å². The number of anilines is 2. The third-order valence-electron chi connectivity index (χ3n) is 3.44. The summed E-state index contributed by atoms with van der Waals surface area (Å²) >= 11 is 0. The minimum Gasteiger partial charge on any atom is -0.382 e. The third kappa shape index (κ3) is 2.02. The van der Waals surface area contributed by atoms with Gasteiger partial charge in [0.2, 0.25) is 5.91 Å². The Kier molecular flexibility index (Phi) is 2.86. The molecule has 2 rings (SSSR count). The Labute approximate surface area is 103 Å². The van der Waals surface area contributed by atoms with Gasteiger partial charge in [-0.1, -0.05) is 13.0 Å². The molecule has 92 valence electrons. The number of benzene rings is 1. The summed E-state index contributed by atoms with van der Waals surface area (Å²) in [6, 6.07) is 6.28. The molecule has 1 amide bonds. The van der Waals surface area contributed by atoms with Gasteiger partial charge in [-0.2, -0.15) is 0 Å². The van der Waals surface area contributed by atoms with Gasteiger partial charge in [-0.25, -0.2) is 0 Å². The Hall–Kier alpha value is -1.51. The molecule has 1 heterocycles. The van der Waals surface area contributed by atoms with E-state index in [0.29, 0.717) is 6.54 Å². The zero-order valence-corrected chi connectivity index (χ0v) is 11.0. The van der Waals surface area contributed by atoms with Crippen molar-refractivity contribution in [1.29, 1.82) is 0 Å². The van der Waals surface area contributed by atoms with E-state index in [1.54, 1.807) is 4.90 Å². The van der Waals surface area contributed by atoms with Gasteiger partial charge in [-0.15, -0.1) is 0 Å². The van der Waals surface area contributed by atoms with Crippen LogP contribution >= 0.6 is 0 Å². The number of amides is 1. The molecule has 0 bridgehead atoms. The molecule has 0 spiro atoms. The van der Waals surface area contributed by atoms with E-state index in [-0.39, 0.29) is 11.3 Å². The number of hydrogen-bond acceptors (Lipinski definition) is 2. The monoisotopic (exact) mass is 232 g/mol. The Bertz CT molecular complexity index is 452. The first-order valence-electron chi connectivity index (χ1n) is 6.10. The van der Waals surface area contributed by atoms with Gasteiger partial charge in [-0.3, -0.25) is 4.79 Å². The third-order valence-corrected chi connectivity index (χ3v) is 3.44. The number of carbonyl (C=O) groups excluding carboxylic acids is 1. The van der Waals surface area contributed by atoms with E-state index >= 15 is 0 Å². The van der Waals surface area contributed by atoms with Crippen molar-refractivity contribution in [2.24, 2.45) is 5.41 Å². The molecule has 1 aromatic carbocycles. The first kappa shape index (κ1) is 12.0. The zero-order valence-electron chi connectivity index (χ0n) is 11.0. The normalized spacial score (nSPS) is 18.4. The molecular weight excluding hydrogens is 212 g/mol. The van der Waals surface area contributed by atoms with Crippen molar-refractivity contribution in [2.75, 3.05) is 23.8 Å². The second-order valence-electron chi connectivity index (χ2n) is 5.31. The Morgan fingerprint density at radius 3 is 2.76 bits per heavy atom. The van der Waals surface area contributed by atoms with Crippen LogP contribution in [0.2, 0.25) is 0 Å². The molecule has 17 heavy (non-hydrogen) atoms. The summed E-state index contributed by atoms with van der Waals surface area (Å²) in [7, 11) is 1.86. The lowest BCUT2D eigenvalue weighted by atomic mass is 9.92. The van der Waals surface area contributed by atoms with Gasteiger partial charge in [0.25, 0.3) is 0 Å². The predicted molar refractivity (Wildman–Crippen MR) is 71.5 cm³/mol. The number of nitrogens with one attached hydrogen (secondary N) is 1. The van der Waals surface area contributed by atoms with Crippen molar-refractivity contribution >= 4 is 17.3 Å². The highest BCUT2D eigenvalue weighted by molar-refractivity contribution is 6.01. The molecule has 0 saturated heterocycles. The minimum atomic E-state index is -0.361. The SMILES string of the molecule is CCc1ccc2c(c1)N(C)C(=O)C(C)(C)CN2. The molecule has 0 atom stereocenters. The van der Waals surface area contributed by atoms with Gasteiger partial charge in [0, 0.05) is 13.6 Å². The van der Waals surface area contributed by atoms with E-state index in [2.05, 4.69) is 30.4 Å². The Morgan fingerprint density at radius 1 is 1.41 bits per heavy atom. The van der Waals surface area contributed by atoms with Gasteiger partial charge in [0.15, 0.2) is 0 Å². The van der Waals surface area contributed by atoms with Crippen molar-refractivity contribution in [3.05, 3.63) is 23.8 Å². The van der Waals surface area contributed by atoms with Crippen LogP contribution < -0.4 is 10.2 Å². The summed E-state index contributed by atoms with van der Waals surface area (Å²) in [6.07, 6.45) is 0.985. The second kappa shape index (κ2) is 4.06. The van der Waals surface area contributed by atoms with Crippen molar-refractivity contribution in [3.8, 4) is 0 Å². The van der Waals surface area contributed by atoms with Crippen molar-refractivity contribution in [2.45, 2.75) is 27.2 Å². The fourth-order valence-electron chi connectivity index (χ4n) is 2.18. The van der Waals surface area contributed by atoms with Gasteiger partial charge < -0.3 is 10.2 Å². The average Bonchev–Trinajstić information content (AvgIpc) is 2.41. The fourth-order valence-corrected chi connectivity index (χ4v) is 2.18. The van der Waals surface area contributed by atoms with Crippen LogP contribution in [0.15, 0.2) is 18.2 Å². The number of hydrogen-bond donors (Lipinski definition) is 1. The second-order valence-corrected chi connectivity index (χ2v) is 5.31. The molecule has 1 aliphatic heterocycles. The van der Waals surface area contributed by atoms with Gasteiger partial charge in [-0.05, 0) is 38.0 Å². The number of rotatable bonds is 1. The van der Waals surface area contributed by atoms with Crippen LogP contribution in [0.3, 0.4) is 0 Å². The maximum absolute atomic E-state index is 12.3. The summed E-state index contributed by atoms with van der Waals surface area (Å²) < 4.78 is 0. The number of fused-ring (bicyclic) bond motifs is 1. The van der Waals surface area contributed by atoms with E-state index in [1.165, 1.54) is 5.56 Å². The molecule has 1 N–H and O–H groups in total. The Balaban J connectivity index is 2.48. The maximum Gasteiger partial charge on any atom is 0.234 e. The lowest BCUT2D eigenvalue weighted by Crippen LogP contribution is -2.40. The summed E-state index contributed by atoms with van der Waals surface area (Å²) in [6.45, 7) is 6.75. The highest BCUT2D eigenvalue weighted by Gasteiger charge is 2.34. The lowest BCUT2D eigenvalue weighted by molar-refractivity contribution is -0.125. The number of aryl methyl sites for hydroxylation is 1. The quantitative estimate of drug-likeness (QED) is 0.807. The van der Waals surface area contributed by atoms with E-state index in [9.17, 15) is 4.79 Å². The first-order chi connectivity index (χ1) is 7.95. The molecule has 0 fully saturated rings. The largest absolute Gasteiger partial charge is 0.382 e. The molecule has 1 aromatic rings. The van der Waals surface area contributed by atoms with E-state index in [4.69, 9.17) is 0 Å². The van der Waals surface area contributed by atoms with Crippen LogP contribution in [-0.4, -0.2) is 19.5 Å². The predicted octanol–water partition coefficient (Wildman–Crippen LogP) is 2.66. The molecule has 3 nitrogen and oxygen atoms in total. The molecular formula is C14H20N2O. The molecule has 1 aliphatic rings. The molecule has 0 unspecified atom stereocenters. The minimum absolute atomic E-state index is 0.164. The van der Waals surface area contributed by atoms with Crippen molar-refractivity contribution in [1.82, 2.24) is 0 Å². The molecule has 0 radical (unpaired) electrons. The topological polar surface area (TPSA) is 32.3 Å². The summed E-state index contributed by atoms with van der Waals surface area (Å²) in [5.74, 6) is 0.164. The van der Waals surface area contributed by atoms with Crippen LogP contribution in [-0.2, 0) is 11.2 Å². The van der Waals surface area contributed by atoms with Gasteiger partial charge >= 0.3 is 0 Å². The van der Waals surface area contributed by atoms with Crippen LogP contribution in [0.1, 0.15) is 26.3 Å². The molecule has 0 aromatic heterocycles. The average molecular weight is 232 g/mol. The number of nitrogens with zero attached hydrogens (tertiary/aromatic N) is 1.